The lowest BCUT2D eigenvalue weighted by atomic mass is 9.80. The maximum atomic E-state index is 6.24. The summed E-state index contributed by atoms with van der Waals surface area (Å²) < 4.78 is 6.24. The molecule has 0 bridgehead atoms. The first-order valence-electron chi connectivity index (χ1n) is 11.7. The molecule has 0 saturated heterocycles. The van der Waals surface area contributed by atoms with Gasteiger partial charge in [0.1, 0.15) is 6.61 Å². The van der Waals surface area contributed by atoms with Gasteiger partial charge in [-0.1, -0.05) is 86.7 Å². The van der Waals surface area contributed by atoms with Crippen molar-refractivity contribution in [1.82, 2.24) is 0 Å². The van der Waals surface area contributed by atoms with E-state index in [1.54, 1.807) is 5.31 Å². The van der Waals surface area contributed by atoms with E-state index in [9.17, 15) is 0 Å². The summed E-state index contributed by atoms with van der Waals surface area (Å²) in [6.07, 6.45) is 10.7. The fourth-order valence-corrected chi connectivity index (χ4v) is 8.38. The van der Waals surface area contributed by atoms with Gasteiger partial charge in [-0.05, 0) is 61.9 Å². The van der Waals surface area contributed by atoms with Gasteiger partial charge in [0.15, 0.2) is 0 Å². The summed E-state index contributed by atoms with van der Waals surface area (Å²) in [6.45, 7) is 5.29. The average molecular weight is 430 g/mol. The minimum absolute atomic E-state index is 0.0863. The number of aliphatic imine (C=N–C) groups is 1. The number of rotatable bonds is 6. The quantitative estimate of drug-likeness (QED) is 0.491. The number of hydrogen-bond donors (Lipinski definition) is 0. The third-order valence-electron chi connectivity index (χ3n) is 6.79. The molecule has 3 aliphatic rings. The molecular weight excluding hydrogens is 397 g/mol. The molecule has 1 aliphatic heterocycles. The van der Waals surface area contributed by atoms with Crippen LogP contribution in [-0.2, 0) is 4.74 Å². The molecule has 0 radical (unpaired) electrons. The van der Waals surface area contributed by atoms with Crippen molar-refractivity contribution < 1.29 is 4.74 Å². The van der Waals surface area contributed by atoms with Gasteiger partial charge < -0.3 is 4.74 Å². The van der Waals surface area contributed by atoms with Gasteiger partial charge >= 0.3 is 0 Å². The first kappa shape index (κ1) is 20.7. The maximum Gasteiger partial charge on any atom is 0.212 e. The van der Waals surface area contributed by atoms with E-state index >= 15 is 0 Å². The molecule has 0 amide bonds. The zero-order valence-electron chi connectivity index (χ0n) is 18.6. The van der Waals surface area contributed by atoms with Crippen LogP contribution in [0.15, 0.2) is 88.7 Å². The second-order valence-electron chi connectivity index (χ2n) is 9.40. The van der Waals surface area contributed by atoms with Crippen LogP contribution in [0.1, 0.15) is 46.0 Å². The van der Waals surface area contributed by atoms with Gasteiger partial charge in [0.25, 0.3) is 0 Å². The number of nitrogens with zero attached hydrogens (tertiary/aromatic N) is 1. The Labute approximate surface area is 187 Å². The molecule has 3 heteroatoms. The fourth-order valence-electron chi connectivity index (χ4n) is 5.50. The predicted molar refractivity (Wildman–Crippen MR) is 133 cm³/mol. The van der Waals surface area contributed by atoms with E-state index in [-0.39, 0.29) is 5.41 Å². The van der Waals surface area contributed by atoms with Gasteiger partial charge in [-0.25, -0.2) is 4.99 Å². The van der Waals surface area contributed by atoms with Crippen molar-refractivity contribution >= 4 is 24.4 Å². The molecule has 0 fully saturated rings. The molecule has 0 saturated carbocycles. The third-order valence-corrected chi connectivity index (χ3v) is 9.51. The summed E-state index contributed by atoms with van der Waals surface area (Å²) in [5, 5.41) is 4.49. The molecule has 2 aliphatic carbocycles. The zero-order valence-corrected chi connectivity index (χ0v) is 19.5. The number of allylic oxidation sites excluding steroid dienone is 3. The highest BCUT2D eigenvalue weighted by molar-refractivity contribution is 7.76. The van der Waals surface area contributed by atoms with Gasteiger partial charge in [0.05, 0.1) is 6.04 Å². The lowest BCUT2D eigenvalue weighted by molar-refractivity contribution is 0.295. The lowest BCUT2D eigenvalue weighted by Gasteiger charge is -2.36. The van der Waals surface area contributed by atoms with Crippen molar-refractivity contribution in [3.63, 3.8) is 0 Å². The van der Waals surface area contributed by atoms with Gasteiger partial charge in [-0.15, -0.1) is 0 Å². The van der Waals surface area contributed by atoms with Gasteiger partial charge in [0.2, 0.25) is 5.90 Å². The van der Waals surface area contributed by atoms with Crippen LogP contribution >= 0.6 is 7.92 Å². The number of ether oxygens (including phenoxy) is 1. The Morgan fingerprint density at radius 2 is 1.55 bits per heavy atom. The Hall–Kier alpha value is -2.18. The summed E-state index contributed by atoms with van der Waals surface area (Å²) in [5.41, 5.74) is 1.46. The maximum absolute atomic E-state index is 6.24. The fraction of sp³-hybridized carbons (Fsp3) is 0.393. The van der Waals surface area contributed by atoms with Crippen LogP contribution in [-0.4, -0.2) is 18.5 Å². The highest BCUT2D eigenvalue weighted by atomic mass is 31.1. The third kappa shape index (κ3) is 3.92. The van der Waals surface area contributed by atoms with Crippen LogP contribution in [0.5, 0.6) is 0 Å². The second kappa shape index (κ2) is 8.75. The summed E-state index contributed by atoms with van der Waals surface area (Å²) in [6, 6.07) is 22.5. The summed E-state index contributed by atoms with van der Waals surface area (Å²) in [4.78, 5) is 5.07. The molecule has 2 aromatic carbocycles. The Morgan fingerprint density at radius 1 is 0.935 bits per heavy atom. The lowest BCUT2D eigenvalue weighted by Crippen LogP contribution is -2.28. The Balaban J connectivity index is 1.54. The van der Waals surface area contributed by atoms with Gasteiger partial charge in [0, 0.05) is 11.0 Å². The van der Waals surface area contributed by atoms with Crippen molar-refractivity contribution in [3.8, 4) is 0 Å². The van der Waals surface area contributed by atoms with Crippen LogP contribution in [0.3, 0.4) is 0 Å². The molecule has 2 atom stereocenters. The van der Waals surface area contributed by atoms with Crippen LogP contribution in [0.4, 0.5) is 0 Å². The predicted octanol–water partition coefficient (Wildman–Crippen LogP) is 6.35. The first-order chi connectivity index (χ1) is 15.2. The van der Waals surface area contributed by atoms with E-state index < -0.39 is 7.92 Å². The van der Waals surface area contributed by atoms with E-state index in [1.165, 1.54) is 29.0 Å². The molecule has 5 rings (SSSR count). The summed E-state index contributed by atoms with van der Waals surface area (Å²) in [7, 11) is -0.568. The summed E-state index contributed by atoms with van der Waals surface area (Å²) >= 11 is 0. The number of hydrogen-bond acceptors (Lipinski definition) is 2. The Morgan fingerprint density at radius 3 is 2.16 bits per heavy atom. The molecule has 0 unspecified atom stereocenters. The molecule has 1 heterocycles. The monoisotopic (exact) mass is 429 g/mol. The van der Waals surface area contributed by atoms with Crippen molar-refractivity contribution in [2.45, 2.75) is 52.0 Å². The van der Waals surface area contributed by atoms with Crippen molar-refractivity contribution in [2.24, 2.45) is 16.3 Å². The zero-order chi connectivity index (χ0) is 21.3. The molecule has 31 heavy (non-hydrogen) atoms. The van der Waals surface area contributed by atoms with E-state index in [4.69, 9.17) is 9.73 Å². The topological polar surface area (TPSA) is 21.6 Å². The van der Waals surface area contributed by atoms with Crippen molar-refractivity contribution in [3.05, 3.63) is 83.7 Å². The van der Waals surface area contributed by atoms with Crippen molar-refractivity contribution in [1.29, 1.82) is 0 Å². The van der Waals surface area contributed by atoms with E-state index in [2.05, 4.69) is 86.7 Å². The smallest absolute Gasteiger partial charge is 0.212 e. The molecule has 0 N–H and O–H groups in total. The van der Waals surface area contributed by atoms with E-state index in [0.29, 0.717) is 12.0 Å². The standard InChI is InChI=1S/C28H32NOP/c1-21(2)19-22-20-30-27(29-22)25-15-9-17-28(25)18-10-16-26(28)31(23-11-5-3-6-12-23)24-13-7-4-8-14-24/h3-8,11-16,21-22H,9-10,17-20H2,1-2H3/t22-,28+/m0/s1. The SMILES string of the molecule is CC(C)C[C@H]1COC(C2=CCC[C@@]23CCC=C3P(c2ccccc2)c2ccccc2)=N1. The van der Waals surface area contributed by atoms with E-state index in [0.717, 1.165) is 31.8 Å². The van der Waals surface area contributed by atoms with Crippen LogP contribution in [0, 0.1) is 11.3 Å². The molecular formula is C28H32NOP. The van der Waals surface area contributed by atoms with Crippen LogP contribution in [0.25, 0.3) is 0 Å². The number of benzene rings is 2. The molecule has 160 valence electrons. The van der Waals surface area contributed by atoms with E-state index in [1.807, 2.05) is 0 Å². The minimum atomic E-state index is -0.568. The highest BCUT2D eigenvalue weighted by Crippen LogP contribution is 2.63. The molecule has 0 aromatic heterocycles. The second-order valence-corrected chi connectivity index (χ2v) is 11.6. The molecule has 1 spiro atoms. The highest BCUT2D eigenvalue weighted by Gasteiger charge is 2.48. The average Bonchev–Trinajstić information content (AvgIpc) is 3.51. The largest absolute Gasteiger partial charge is 0.475 e. The normalized spacial score (nSPS) is 25.2. The van der Waals surface area contributed by atoms with Crippen LogP contribution in [0.2, 0.25) is 0 Å². The van der Waals surface area contributed by atoms with Crippen molar-refractivity contribution in [2.75, 3.05) is 6.61 Å². The Bertz CT molecular complexity index is 964. The molecule has 2 aromatic rings. The Kier molecular flexibility index (Phi) is 5.85. The minimum Gasteiger partial charge on any atom is -0.475 e. The van der Waals surface area contributed by atoms with Crippen LogP contribution < -0.4 is 10.6 Å². The van der Waals surface area contributed by atoms with Gasteiger partial charge in [-0.3, -0.25) is 0 Å². The van der Waals surface area contributed by atoms with Gasteiger partial charge in [-0.2, -0.15) is 0 Å². The summed E-state index contributed by atoms with van der Waals surface area (Å²) in [5.74, 6) is 1.58. The molecule has 2 nitrogen and oxygen atoms in total. The first-order valence-corrected chi connectivity index (χ1v) is 13.0.